The van der Waals surface area contributed by atoms with Crippen LogP contribution in [0.1, 0.15) is 36.8 Å². The van der Waals surface area contributed by atoms with Crippen LogP contribution < -0.4 is 4.90 Å². The van der Waals surface area contributed by atoms with Crippen LogP contribution in [0, 0.1) is 19.8 Å². The van der Waals surface area contributed by atoms with Gasteiger partial charge >= 0.3 is 0 Å². The number of hydrogen-bond donors (Lipinski definition) is 1. The van der Waals surface area contributed by atoms with Crippen LogP contribution in [-0.2, 0) is 4.79 Å². The Morgan fingerprint density at radius 3 is 2.35 bits per heavy atom. The highest BCUT2D eigenvalue weighted by atomic mass is 16.3. The Balaban J connectivity index is 1.58. The van der Waals surface area contributed by atoms with Gasteiger partial charge in [0.15, 0.2) is 0 Å². The molecule has 1 amide bonds. The van der Waals surface area contributed by atoms with Crippen molar-refractivity contribution in [2.75, 3.05) is 31.1 Å². The zero-order valence-electron chi connectivity index (χ0n) is 14.3. The number of aliphatic hydroxyl groups excluding tert-OH is 1. The van der Waals surface area contributed by atoms with E-state index in [9.17, 15) is 9.90 Å². The number of aliphatic hydroxyl groups is 1. The molecular weight excluding hydrogens is 288 g/mol. The summed E-state index contributed by atoms with van der Waals surface area (Å²) in [6.45, 7) is 7.68. The van der Waals surface area contributed by atoms with Crippen molar-refractivity contribution in [1.82, 2.24) is 4.90 Å². The van der Waals surface area contributed by atoms with E-state index in [1.165, 1.54) is 16.8 Å². The molecule has 0 unspecified atom stereocenters. The molecule has 0 atom stereocenters. The third-order valence-electron chi connectivity index (χ3n) is 5.54. The van der Waals surface area contributed by atoms with Crippen LogP contribution in [0.2, 0.25) is 0 Å². The minimum atomic E-state index is -0.217. The summed E-state index contributed by atoms with van der Waals surface area (Å²) < 4.78 is 0. The van der Waals surface area contributed by atoms with Gasteiger partial charge in [-0.2, -0.15) is 0 Å². The molecule has 4 nitrogen and oxygen atoms in total. The molecular formula is C19H28N2O2. The number of anilines is 1. The fraction of sp³-hybridized carbons (Fsp3) is 0.632. The number of aryl methyl sites for hydroxylation is 1. The molecule has 0 aromatic heterocycles. The van der Waals surface area contributed by atoms with Crippen molar-refractivity contribution in [2.24, 2.45) is 5.92 Å². The molecule has 23 heavy (non-hydrogen) atoms. The molecule has 2 saturated heterocycles. The molecule has 2 aliphatic heterocycles. The highest BCUT2D eigenvalue weighted by Gasteiger charge is 2.30. The van der Waals surface area contributed by atoms with Gasteiger partial charge in [-0.3, -0.25) is 4.79 Å². The summed E-state index contributed by atoms with van der Waals surface area (Å²) in [6.07, 6.45) is 3.11. The van der Waals surface area contributed by atoms with Gasteiger partial charge in [0.2, 0.25) is 5.91 Å². The second kappa shape index (κ2) is 6.91. The van der Waals surface area contributed by atoms with Crippen molar-refractivity contribution in [1.29, 1.82) is 0 Å². The van der Waals surface area contributed by atoms with Crippen molar-refractivity contribution in [3.8, 4) is 0 Å². The van der Waals surface area contributed by atoms with Crippen LogP contribution in [0.25, 0.3) is 0 Å². The van der Waals surface area contributed by atoms with Gasteiger partial charge in [-0.05, 0) is 56.7 Å². The van der Waals surface area contributed by atoms with E-state index in [0.29, 0.717) is 5.91 Å². The smallest absolute Gasteiger partial charge is 0.225 e. The Hall–Kier alpha value is -1.55. The van der Waals surface area contributed by atoms with Crippen LogP contribution in [-0.4, -0.2) is 48.2 Å². The normalized spacial score (nSPS) is 20.8. The lowest BCUT2D eigenvalue weighted by Gasteiger charge is -2.37. The Bertz CT molecular complexity index is 556. The second-order valence-electron chi connectivity index (χ2n) is 7.04. The Labute approximate surface area is 139 Å². The van der Waals surface area contributed by atoms with Crippen molar-refractivity contribution in [2.45, 2.75) is 45.6 Å². The number of benzene rings is 1. The molecule has 3 rings (SSSR count). The molecule has 1 aromatic rings. The van der Waals surface area contributed by atoms with Gasteiger partial charge in [0.25, 0.3) is 0 Å². The predicted molar refractivity (Wildman–Crippen MR) is 92.7 cm³/mol. The van der Waals surface area contributed by atoms with Crippen LogP contribution in [0.5, 0.6) is 0 Å². The summed E-state index contributed by atoms with van der Waals surface area (Å²) in [6, 6.07) is 6.46. The first-order valence-electron chi connectivity index (χ1n) is 8.84. The van der Waals surface area contributed by atoms with Crippen molar-refractivity contribution in [3.63, 3.8) is 0 Å². The zero-order valence-corrected chi connectivity index (χ0v) is 14.3. The topological polar surface area (TPSA) is 43.8 Å². The molecule has 0 bridgehead atoms. The van der Waals surface area contributed by atoms with Gasteiger partial charge in [0.1, 0.15) is 0 Å². The van der Waals surface area contributed by atoms with E-state index in [-0.39, 0.29) is 12.0 Å². The number of likely N-dealkylation sites (tertiary alicyclic amines) is 1. The number of carbonyl (C=O) groups is 1. The quantitative estimate of drug-likeness (QED) is 0.912. The number of nitrogens with zero attached hydrogens (tertiary/aromatic N) is 2. The zero-order chi connectivity index (χ0) is 16.4. The first-order chi connectivity index (χ1) is 11.1. The summed E-state index contributed by atoms with van der Waals surface area (Å²) in [5.74, 6) is 0.462. The molecule has 1 N–H and O–H groups in total. The third kappa shape index (κ3) is 3.52. The van der Waals surface area contributed by atoms with E-state index in [4.69, 9.17) is 0 Å². The van der Waals surface area contributed by atoms with Gasteiger partial charge in [-0.15, -0.1) is 0 Å². The molecule has 2 heterocycles. The number of piperidine rings is 2. The van der Waals surface area contributed by atoms with Crippen molar-refractivity contribution < 1.29 is 9.90 Å². The Morgan fingerprint density at radius 2 is 1.70 bits per heavy atom. The van der Waals surface area contributed by atoms with E-state index in [1.54, 1.807) is 0 Å². The largest absolute Gasteiger partial charge is 0.393 e. The first kappa shape index (κ1) is 16.3. The number of hydrogen-bond acceptors (Lipinski definition) is 3. The number of amides is 1. The van der Waals surface area contributed by atoms with Crippen molar-refractivity contribution in [3.05, 3.63) is 29.3 Å². The van der Waals surface area contributed by atoms with Gasteiger partial charge in [0, 0.05) is 37.8 Å². The van der Waals surface area contributed by atoms with E-state index in [0.717, 1.165) is 51.9 Å². The molecule has 0 spiro atoms. The van der Waals surface area contributed by atoms with Gasteiger partial charge in [-0.1, -0.05) is 12.1 Å². The standard InChI is InChI=1S/C19H28N2O2/c1-14-4-3-5-18(15(14)2)20-10-6-16(7-11-20)19(23)21-12-8-17(22)9-13-21/h3-5,16-17,22H,6-13H2,1-2H3. The maximum atomic E-state index is 12.6. The monoisotopic (exact) mass is 316 g/mol. The number of rotatable bonds is 2. The fourth-order valence-electron chi connectivity index (χ4n) is 3.79. The molecule has 2 aliphatic rings. The van der Waals surface area contributed by atoms with Gasteiger partial charge in [0.05, 0.1) is 6.10 Å². The minimum absolute atomic E-state index is 0.159. The van der Waals surface area contributed by atoms with Crippen molar-refractivity contribution >= 4 is 11.6 Å². The summed E-state index contributed by atoms with van der Waals surface area (Å²) in [5, 5.41) is 9.58. The lowest BCUT2D eigenvalue weighted by molar-refractivity contribution is -0.138. The maximum absolute atomic E-state index is 12.6. The second-order valence-corrected chi connectivity index (χ2v) is 7.04. The highest BCUT2D eigenvalue weighted by Crippen LogP contribution is 2.29. The van der Waals surface area contributed by atoms with E-state index in [1.807, 2.05) is 4.90 Å². The Kier molecular flexibility index (Phi) is 4.90. The summed E-state index contributed by atoms with van der Waals surface area (Å²) in [5.41, 5.74) is 3.99. The summed E-state index contributed by atoms with van der Waals surface area (Å²) >= 11 is 0. The average Bonchev–Trinajstić information content (AvgIpc) is 2.58. The Morgan fingerprint density at radius 1 is 1.04 bits per heavy atom. The lowest BCUT2D eigenvalue weighted by atomic mass is 9.93. The van der Waals surface area contributed by atoms with E-state index in [2.05, 4.69) is 36.9 Å². The van der Waals surface area contributed by atoms with E-state index >= 15 is 0 Å². The maximum Gasteiger partial charge on any atom is 0.225 e. The molecule has 0 radical (unpaired) electrons. The average molecular weight is 316 g/mol. The van der Waals surface area contributed by atoms with Gasteiger partial charge in [-0.25, -0.2) is 0 Å². The molecule has 2 fully saturated rings. The molecule has 4 heteroatoms. The molecule has 0 saturated carbocycles. The highest BCUT2D eigenvalue weighted by molar-refractivity contribution is 5.79. The fourth-order valence-corrected chi connectivity index (χ4v) is 3.79. The van der Waals surface area contributed by atoms with Crippen LogP contribution in [0.15, 0.2) is 18.2 Å². The van der Waals surface area contributed by atoms with Crippen LogP contribution in [0.3, 0.4) is 0 Å². The van der Waals surface area contributed by atoms with Gasteiger partial charge < -0.3 is 14.9 Å². The van der Waals surface area contributed by atoms with Crippen LogP contribution in [0.4, 0.5) is 5.69 Å². The molecule has 1 aromatic carbocycles. The molecule has 126 valence electrons. The predicted octanol–water partition coefficient (Wildman–Crippen LogP) is 2.50. The lowest BCUT2D eigenvalue weighted by Crippen LogP contribution is -2.46. The van der Waals surface area contributed by atoms with E-state index < -0.39 is 0 Å². The SMILES string of the molecule is Cc1cccc(N2CCC(C(=O)N3CCC(O)CC3)CC2)c1C. The third-order valence-corrected chi connectivity index (χ3v) is 5.54. The number of carbonyl (C=O) groups excluding carboxylic acids is 1. The minimum Gasteiger partial charge on any atom is -0.393 e. The molecule has 0 aliphatic carbocycles. The summed E-state index contributed by atoms with van der Waals surface area (Å²) in [7, 11) is 0. The first-order valence-corrected chi connectivity index (χ1v) is 8.84. The summed E-state index contributed by atoms with van der Waals surface area (Å²) in [4.78, 5) is 17.0. The van der Waals surface area contributed by atoms with Crippen LogP contribution >= 0.6 is 0 Å².